The van der Waals surface area contributed by atoms with Gasteiger partial charge >= 0.3 is 0 Å². The molecule has 1 aliphatic heterocycles. The number of piperidine rings is 1. The second kappa shape index (κ2) is 9.37. The van der Waals surface area contributed by atoms with E-state index in [1.54, 1.807) is 12.5 Å². The zero-order chi connectivity index (χ0) is 22.9. The van der Waals surface area contributed by atoms with Gasteiger partial charge in [-0.2, -0.15) is 5.10 Å². The normalized spacial score (nSPS) is 15.7. The van der Waals surface area contributed by atoms with Crippen molar-refractivity contribution in [3.8, 4) is 16.9 Å². The van der Waals surface area contributed by atoms with Crippen molar-refractivity contribution in [1.82, 2.24) is 20.1 Å². The number of rotatable bonds is 6. The number of hydrogen-bond acceptors (Lipinski definition) is 6. The van der Waals surface area contributed by atoms with Crippen LogP contribution in [0.3, 0.4) is 0 Å². The Hall–Kier alpha value is -2.55. The molecule has 1 unspecified atom stereocenters. The molecule has 0 radical (unpaired) electrons. The number of fused-ring (bicyclic) bond motifs is 1. The minimum absolute atomic E-state index is 0.202. The molecule has 9 heteroatoms. The Balaban J connectivity index is 1.42. The van der Waals surface area contributed by atoms with Gasteiger partial charge in [-0.3, -0.25) is 4.68 Å². The van der Waals surface area contributed by atoms with Gasteiger partial charge in [-0.05, 0) is 50.6 Å². The first-order chi connectivity index (χ1) is 16.0. The average Bonchev–Trinajstić information content (AvgIpc) is 3.46. The van der Waals surface area contributed by atoms with E-state index >= 15 is 0 Å². The van der Waals surface area contributed by atoms with E-state index in [2.05, 4.69) is 42.2 Å². The third-order valence-corrected chi connectivity index (χ3v) is 7.17. The second-order valence-corrected chi connectivity index (χ2v) is 9.65. The highest BCUT2D eigenvalue weighted by Gasteiger charge is 2.21. The Labute approximate surface area is 205 Å². The summed E-state index contributed by atoms with van der Waals surface area (Å²) >= 11 is 9.95. The summed E-state index contributed by atoms with van der Waals surface area (Å²) in [5, 5.41) is 9.53. The van der Waals surface area contributed by atoms with Crippen molar-refractivity contribution in [2.24, 2.45) is 0 Å². The van der Waals surface area contributed by atoms with E-state index in [1.807, 2.05) is 31.3 Å². The summed E-state index contributed by atoms with van der Waals surface area (Å²) in [4.78, 5) is 4.38. The number of nitrogens with two attached hydrogens (primary N) is 1. The van der Waals surface area contributed by atoms with Gasteiger partial charge in [-0.25, -0.2) is 4.98 Å². The molecule has 0 aliphatic carbocycles. The summed E-state index contributed by atoms with van der Waals surface area (Å²) in [7, 11) is 0. The van der Waals surface area contributed by atoms with Gasteiger partial charge < -0.3 is 20.2 Å². The van der Waals surface area contributed by atoms with Crippen LogP contribution in [-0.4, -0.2) is 34.0 Å². The zero-order valence-corrected chi connectivity index (χ0v) is 20.6. The molecule has 1 aliphatic rings. The third-order valence-electron chi connectivity index (χ3n) is 6.07. The fourth-order valence-electron chi connectivity index (χ4n) is 4.32. The first-order valence-corrected chi connectivity index (χ1v) is 12.2. The third kappa shape index (κ3) is 4.47. The summed E-state index contributed by atoms with van der Waals surface area (Å²) in [5.41, 5.74) is 9.65. The summed E-state index contributed by atoms with van der Waals surface area (Å²) in [6.07, 6.45) is 9.95. The SMILES string of the molecule is CC(Cc1c(Cl)cccc1Br)Oc1c(N)ncc2c(-c3cnn(C4CCNCC4)c3)coc12. The number of hydrogen-bond donors (Lipinski definition) is 2. The number of ether oxygens (including phenoxy) is 1. The Bertz CT molecular complexity index is 1260. The number of pyridine rings is 1. The predicted molar refractivity (Wildman–Crippen MR) is 134 cm³/mol. The molecule has 4 aromatic rings. The highest BCUT2D eigenvalue weighted by molar-refractivity contribution is 9.10. The topological polar surface area (TPSA) is 91.1 Å². The first kappa shape index (κ1) is 22.3. The molecular formula is C24H25BrClN5O2. The molecule has 1 atom stereocenters. The van der Waals surface area contributed by atoms with E-state index < -0.39 is 0 Å². The lowest BCUT2D eigenvalue weighted by atomic mass is 10.1. The molecule has 5 rings (SSSR count). The molecule has 1 aromatic carbocycles. The van der Waals surface area contributed by atoms with E-state index in [0.29, 0.717) is 34.6 Å². The Morgan fingerprint density at radius 3 is 2.94 bits per heavy atom. The maximum Gasteiger partial charge on any atom is 0.205 e. The van der Waals surface area contributed by atoms with Gasteiger partial charge in [-0.1, -0.05) is 33.6 Å². The minimum atomic E-state index is -0.202. The lowest BCUT2D eigenvalue weighted by Crippen LogP contribution is -2.29. The molecule has 1 saturated heterocycles. The van der Waals surface area contributed by atoms with E-state index in [4.69, 9.17) is 26.5 Å². The maximum absolute atomic E-state index is 6.38. The van der Waals surface area contributed by atoms with Crippen LogP contribution in [-0.2, 0) is 6.42 Å². The predicted octanol–water partition coefficient (Wildman–Crippen LogP) is 5.62. The standard InChI is InChI=1S/C24H25BrClN5O2/c1-14(9-17-20(25)3-2-4-21(17)26)33-23-22-18(11-29-24(23)27)19(13-32-22)15-10-30-31(12-15)16-5-7-28-8-6-16/h2-4,10-14,16,28H,5-9H2,1H3,(H2,27,29). The fraction of sp³-hybridized carbons (Fsp3) is 0.333. The van der Waals surface area contributed by atoms with Crippen molar-refractivity contribution in [1.29, 1.82) is 0 Å². The Morgan fingerprint density at radius 2 is 2.15 bits per heavy atom. The van der Waals surface area contributed by atoms with Crippen LogP contribution >= 0.6 is 27.5 Å². The van der Waals surface area contributed by atoms with Gasteiger partial charge in [0.2, 0.25) is 5.75 Å². The monoisotopic (exact) mass is 529 g/mol. The van der Waals surface area contributed by atoms with Crippen LogP contribution in [0.1, 0.15) is 31.4 Å². The van der Waals surface area contributed by atoms with Crippen molar-refractivity contribution < 1.29 is 9.15 Å². The van der Waals surface area contributed by atoms with Gasteiger partial charge in [0.1, 0.15) is 12.4 Å². The summed E-state index contributed by atoms with van der Waals surface area (Å²) in [5.74, 6) is 0.735. The Morgan fingerprint density at radius 1 is 1.33 bits per heavy atom. The summed E-state index contributed by atoms with van der Waals surface area (Å²) in [6, 6.07) is 6.15. The number of furan rings is 1. The number of nitrogens with one attached hydrogen (secondary N) is 1. The smallest absolute Gasteiger partial charge is 0.205 e. The molecule has 0 saturated carbocycles. The first-order valence-electron chi connectivity index (χ1n) is 11.0. The van der Waals surface area contributed by atoms with Crippen molar-refractivity contribution in [2.45, 2.75) is 38.3 Å². The second-order valence-electron chi connectivity index (χ2n) is 8.39. The molecule has 0 amide bonds. The molecule has 0 bridgehead atoms. The highest BCUT2D eigenvalue weighted by atomic mass is 79.9. The zero-order valence-electron chi connectivity index (χ0n) is 18.2. The van der Waals surface area contributed by atoms with Gasteiger partial charge in [0.05, 0.1) is 17.6 Å². The quantitative estimate of drug-likeness (QED) is 0.336. The van der Waals surface area contributed by atoms with Gasteiger partial charge in [-0.15, -0.1) is 0 Å². The average molecular weight is 531 g/mol. The van der Waals surface area contributed by atoms with E-state index in [0.717, 1.165) is 52.5 Å². The van der Waals surface area contributed by atoms with Crippen LogP contribution < -0.4 is 15.8 Å². The van der Waals surface area contributed by atoms with Crippen molar-refractivity contribution in [3.05, 3.63) is 58.1 Å². The van der Waals surface area contributed by atoms with Gasteiger partial charge in [0, 0.05) is 39.4 Å². The maximum atomic E-state index is 6.38. The van der Waals surface area contributed by atoms with E-state index in [-0.39, 0.29) is 6.10 Å². The lowest BCUT2D eigenvalue weighted by Gasteiger charge is -2.22. The summed E-state index contributed by atoms with van der Waals surface area (Å²) < 4.78 is 15.2. The van der Waals surface area contributed by atoms with Crippen LogP contribution in [0.25, 0.3) is 22.1 Å². The molecule has 0 spiro atoms. The van der Waals surface area contributed by atoms with Crippen LogP contribution in [0.2, 0.25) is 5.02 Å². The van der Waals surface area contributed by atoms with E-state index in [9.17, 15) is 0 Å². The van der Waals surface area contributed by atoms with Crippen LogP contribution in [0.15, 0.2) is 51.9 Å². The van der Waals surface area contributed by atoms with Crippen molar-refractivity contribution in [2.75, 3.05) is 18.8 Å². The van der Waals surface area contributed by atoms with Gasteiger partial charge in [0.25, 0.3) is 0 Å². The minimum Gasteiger partial charge on any atom is -0.483 e. The lowest BCUT2D eigenvalue weighted by molar-refractivity contribution is 0.223. The van der Waals surface area contributed by atoms with Crippen molar-refractivity contribution >= 4 is 44.3 Å². The molecule has 33 heavy (non-hydrogen) atoms. The number of anilines is 1. The number of benzene rings is 1. The Kier molecular flexibility index (Phi) is 6.32. The highest BCUT2D eigenvalue weighted by Crippen LogP contribution is 2.39. The number of aromatic nitrogens is 3. The molecule has 3 aromatic heterocycles. The number of nitrogens with zero attached hydrogens (tertiary/aromatic N) is 3. The molecule has 7 nitrogen and oxygen atoms in total. The molecule has 172 valence electrons. The largest absolute Gasteiger partial charge is 0.483 e. The van der Waals surface area contributed by atoms with Gasteiger partial charge in [0.15, 0.2) is 11.4 Å². The number of nitrogen functional groups attached to an aromatic ring is 1. The van der Waals surface area contributed by atoms with Crippen LogP contribution in [0, 0.1) is 0 Å². The molecular weight excluding hydrogens is 506 g/mol. The number of halogens is 2. The molecule has 3 N–H and O–H groups in total. The van der Waals surface area contributed by atoms with E-state index in [1.165, 1.54) is 0 Å². The summed E-state index contributed by atoms with van der Waals surface area (Å²) in [6.45, 7) is 4.00. The van der Waals surface area contributed by atoms with Crippen LogP contribution in [0.5, 0.6) is 5.75 Å². The van der Waals surface area contributed by atoms with Crippen molar-refractivity contribution in [3.63, 3.8) is 0 Å². The fourth-order valence-corrected chi connectivity index (χ4v) is 5.22. The van der Waals surface area contributed by atoms with Crippen LogP contribution in [0.4, 0.5) is 5.82 Å². The molecule has 1 fully saturated rings. The molecule has 4 heterocycles.